The molecule has 102 valence electrons. The van der Waals surface area contributed by atoms with Crippen molar-refractivity contribution in [3.05, 3.63) is 57.2 Å². The lowest BCUT2D eigenvalue weighted by atomic mass is 10.2. The van der Waals surface area contributed by atoms with Crippen LogP contribution in [0.3, 0.4) is 0 Å². The zero-order valence-electron chi connectivity index (χ0n) is 10.5. The van der Waals surface area contributed by atoms with Crippen LogP contribution in [0.5, 0.6) is 5.88 Å². The van der Waals surface area contributed by atoms with E-state index in [4.69, 9.17) is 16.3 Å². The minimum atomic E-state index is -0.484. The molecule has 1 aromatic heterocycles. The number of nitro groups is 1. The van der Waals surface area contributed by atoms with Gasteiger partial charge in [-0.3, -0.25) is 15.1 Å². The molecule has 0 aliphatic heterocycles. The third-order valence-electron chi connectivity index (χ3n) is 2.47. The van der Waals surface area contributed by atoms with E-state index in [0.29, 0.717) is 22.2 Å². The number of nitrogens with zero attached hydrogens (tertiary/aromatic N) is 3. The molecular weight excluding hydrogens is 282 g/mol. The van der Waals surface area contributed by atoms with Crippen LogP contribution in [-0.2, 0) is 0 Å². The number of aromatic nitrogens is 1. The van der Waals surface area contributed by atoms with Crippen molar-refractivity contribution >= 4 is 29.2 Å². The largest absolute Gasteiger partial charge is 0.481 e. The van der Waals surface area contributed by atoms with E-state index in [9.17, 15) is 10.1 Å². The summed E-state index contributed by atoms with van der Waals surface area (Å²) in [4.78, 5) is 18.4. The number of hydrogen-bond donors (Lipinski definition) is 0. The molecule has 7 heteroatoms. The fraction of sp³-hybridized carbons (Fsp3) is 0.0769. The van der Waals surface area contributed by atoms with E-state index in [1.54, 1.807) is 12.1 Å². The summed E-state index contributed by atoms with van der Waals surface area (Å²) >= 11 is 5.97. The van der Waals surface area contributed by atoms with Gasteiger partial charge in [-0.15, -0.1) is 0 Å². The maximum absolute atomic E-state index is 10.7. The smallest absolute Gasteiger partial charge is 0.270 e. The van der Waals surface area contributed by atoms with Crippen molar-refractivity contribution in [1.29, 1.82) is 0 Å². The van der Waals surface area contributed by atoms with Crippen molar-refractivity contribution < 1.29 is 9.66 Å². The molecule has 0 saturated carbocycles. The van der Waals surface area contributed by atoms with Crippen LogP contribution in [0.4, 0.5) is 11.4 Å². The molecule has 0 saturated heterocycles. The first-order chi connectivity index (χ1) is 9.60. The summed E-state index contributed by atoms with van der Waals surface area (Å²) in [5, 5.41) is 11.1. The summed E-state index contributed by atoms with van der Waals surface area (Å²) < 4.78 is 4.93. The van der Waals surface area contributed by atoms with E-state index in [1.807, 2.05) is 0 Å². The molecule has 0 N–H and O–H groups in total. The summed E-state index contributed by atoms with van der Waals surface area (Å²) in [6, 6.07) is 7.56. The van der Waals surface area contributed by atoms with Crippen molar-refractivity contribution in [3.63, 3.8) is 0 Å². The van der Waals surface area contributed by atoms with Gasteiger partial charge in [-0.05, 0) is 12.1 Å². The Balaban J connectivity index is 2.25. The molecule has 0 atom stereocenters. The molecule has 0 spiro atoms. The molecule has 0 bridgehead atoms. The molecule has 2 rings (SSSR count). The number of rotatable bonds is 4. The fourth-order valence-electron chi connectivity index (χ4n) is 1.46. The number of halogens is 1. The van der Waals surface area contributed by atoms with Gasteiger partial charge < -0.3 is 4.74 Å². The van der Waals surface area contributed by atoms with Crippen LogP contribution in [-0.4, -0.2) is 23.2 Å². The van der Waals surface area contributed by atoms with E-state index in [0.717, 1.165) is 0 Å². The van der Waals surface area contributed by atoms with Gasteiger partial charge in [0, 0.05) is 35.0 Å². The molecule has 0 amide bonds. The van der Waals surface area contributed by atoms with Crippen LogP contribution in [0.2, 0.25) is 5.02 Å². The Morgan fingerprint density at radius 3 is 2.80 bits per heavy atom. The number of hydrogen-bond acceptors (Lipinski definition) is 5. The first-order valence-corrected chi connectivity index (χ1v) is 5.96. The highest BCUT2D eigenvalue weighted by Gasteiger charge is 2.08. The highest BCUT2D eigenvalue weighted by Crippen LogP contribution is 2.21. The van der Waals surface area contributed by atoms with Crippen molar-refractivity contribution in [2.24, 2.45) is 4.99 Å². The van der Waals surface area contributed by atoms with Crippen molar-refractivity contribution in [3.8, 4) is 5.88 Å². The van der Waals surface area contributed by atoms with Crippen LogP contribution < -0.4 is 4.74 Å². The van der Waals surface area contributed by atoms with Crippen LogP contribution >= 0.6 is 11.6 Å². The number of aliphatic imine (C=N–C) groups is 1. The Bertz CT molecular complexity index is 656. The lowest BCUT2D eigenvalue weighted by molar-refractivity contribution is -0.384. The third-order valence-corrected chi connectivity index (χ3v) is 2.82. The fourth-order valence-corrected chi connectivity index (χ4v) is 1.62. The predicted octanol–water partition coefficient (Wildman–Crippen LogP) is 3.40. The summed E-state index contributed by atoms with van der Waals surface area (Å²) in [5.41, 5.74) is 1.02. The normalized spacial score (nSPS) is 10.7. The molecule has 2 aromatic rings. The van der Waals surface area contributed by atoms with Gasteiger partial charge in [0.1, 0.15) is 0 Å². The first-order valence-electron chi connectivity index (χ1n) is 5.58. The van der Waals surface area contributed by atoms with Gasteiger partial charge in [0.2, 0.25) is 5.88 Å². The second-order valence-electron chi connectivity index (χ2n) is 3.78. The van der Waals surface area contributed by atoms with E-state index in [1.165, 1.54) is 37.7 Å². The monoisotopic (exact) mass is 291 g/mol. The first kappa shape index (κ1) is 14.0. The van der Waals surface area contributed by atoms with Gasteiger partial charge in [-0.1, -0.05) is 11.6 Å². The lowest BCUT2D eigenvalue weighted by Gasteiger charge is -1.99. The minimum absolute atomic E-state index is 0.0382. The predicted molar refractivity (Wildman–Crippen MR) is 76.1 cm³/mol. The van der Waals surface area contributed by atoms with Crippen LogP contribution in [0, 0.1) is 10.1 Å². The summed E-state index contributed by atoms with van der Waals surface area (Å²) in [6.45, 7) is 0. The standard InChI is InChI=1S/C13H10ClN3O3/c1-20-13-5-2-10(8-16-13)15-7-9-6-11(17(18)19)3-4-12(9)14/h2-8H,1H3. The van der Waals surface area contributed by atoms with Gasteiger partial charge in [0.15, 0.2) is 0 Å². The molecule has 1 heterocycles. The van der Waals surface area contributed by atoms with Crippen molar-refractivity contribution in [1.82, 2.24) is 4.98 Å². The molecule has 1 aromatic carbocycles. The number of benzene rings is 1. The second kappa shape index (κ2) is 6.12. The van der Waals surface area contributed by atoms with Crippen molar-refractivity contribution in [2.75, 3.05) is 7.11 Å². The Labute approximate surface area is 119 Å². The highest BCUT2D eigenvalue weighted by atomic mass is 35.5. The summed E-state index contributed by atoms with van der Waals surface area (Å²) in [5.74, 6) is 0.484. The third kappa shape index (κ3) is 3.30. The number of methoxy groups -OCH3 is 1. The van der Waals surface area contributed by atoms with E-state index in [-0.39, 0.29) is 5.69 Å². The zero-order valence-corrected chi connectivity index (χ0v) is 11.2. The maximum atomic E-state index is 10.7. The molecule has 0 aliphatic rings. The van der Waals surface area contributed by atoms with Crippen LogP contribution in [0.25, 0.3) is 0 Å². The van der Waals surface area contributed by atoms with E-state index >= 15 is 0 Å². The molecule has 20 heavy (non-hydrogen) atoms. The lowest BCUT2D eigenvalue weighted by Crippen LogP contribution is -1.91. The van der Waals surface area contributed by atoms with Gasteiger partial charge in [0.25, 0.3) is 5.69 Å². The number of ether oxygens (including phenoxy) is 1. The average molecular weight is 292 g/mol. The second-order valence-corrected chi connectivity index (χ2v) is 4.19. The molecule has 0 radical (unpaired) electrons. The zero-order chi connectivity index (χ0) is 14.5. The van der Waals surface area contributed by atoms with E-state index in [2.05, 4.69) is 9.98 Å². The Hall–Kier alpha value is -2.47. The summed E-state index contributed by atoms with van der Waals surface area (Å²) in [6.07, 6.45) is 2.99. The quantitative estimate of drug-likeness (QED) is 0.491. The molecule has 0 unspecified atom stereocenters. The Kier molecular flexibility index (Phi) is 4.27. The van der Waals surface area contributed by atoms with Crippen LogP contribution in [0.1, 0.15) is 5.56 Å². The van der Waals surface area contributed by atoms with Gasteiger partial charge in [0.05, 0.1) is 23.9 Å². The number of non-ortho nitro benzene ring substituents is 1. The molecule has 0 fully saturated rings. The molecule has 6 nitrogen and oxygen atoms in total. The minimum Gasteiger partial charge on any atom is -0.481 e. The van der Waals surface area contributed by atoms with Crippen molar-refractivity contribution in [2.45, 2.75) is 0 Å². The Morgan fingerprint density at radius 1 is 1.40 bits per heavy atom. The number of pyridine rings is 1. The van der Waals surface area contributed by atoms with Gasteiger partial charge in [-0.2, -0.15) is 0 Å². The van der Waals surface area contributed by atoms with Gasteiger partial charge in [-0.25, -0.2) is 4.98 Å². The highest BCUT2D eigenvalue weighted by molar-refractivity contribution is 6.33. The topological polar surface area (TPSA) is 77.6 Å². The van der Waals surface area contributed by atoms with E-state index < -0.39 is 4.92 Å². The SMILES string of the molecule is COc1ccc(N=Cc2cc([N+](=O)[O-])ccc2Cl)cn1. The molecule has 0 aliphatic carbocycles. The van der Waals surface area contributed by atoms with Crippen LogP contribution in [0.15, 0.2) is 41.5 Å². The summed E-state index contributed by atoms with van der Waals surface area (Å²) in [7, 11) is 1.52. The van der Waals surface area contributed by atoms with Gasteiger partial charge >= 0.3 is 0 Å². The maximum Gasteiger partial charge on any atom is 0.270 e. The molecular formula is C13H10ClN3O3. The number of nitro benzene ring substituents is 1. The average Bonchev–Trinajstić information content (AvgIpc) is 2.46. The Morgan fingerprint density at radius 2 is 2.20 bits per heavy atom.